The van der Waals surface area contributed by atoms with Crippen LogP contribution >= 0.6 is 0 Å². The van der Waals surface area contributed by atoms with Crippen LogP contribution in [0.1, 0.15) is 11.1 Å². The van der Waals surface area contributed by atoms with Crippen LogP contribution in [0.5, 0.6) is 5.75 Å². The zero-order valence-corrected chi connectivity index (χ0v) is 16.1. The minimum absolute atomic E-state index is 0.880. The van der Waals surface area contributed by atoms with Gasteiger partial charge in [-0.15, -0.1) is 0 Å². The maximum atomic E-state index is 5.09. The van der Waals surface area contributed by atoms with Crippen LogP contribution in [0.15, 0.2) is 97.5 Å². The summed E-state index contributed by atoms with van der Waals surface area (Å²) in [5.74, 6) is 0.880. The Morgan fingerprint density at radius 2 is 1.62 bits per heavy atom. The highest BCUT2D eigenvalue weighted by Crippen LogP contribution is 2.30. The van der Waals surface area contributed by atoms with Crippen molar-refractivity contribution >= 4 is 22.5 Å². The van der Waals surface area contributed by atoms with Gasteiger partial charge >= 0.3 is 0 Å². The van der Waals surface area contributed by atoms with E-state index in [1.807, 2.05) is 48.5 Å². The van der Waals surface area contributed by atoms with Crippen molar-refractivity contribution in [3.8, 4) is 5.75 Å². The summed E-state index contributed by atoms with van der Waals surface area (Å²) in [6, 6.07) is 26.6. The van der Waals surface area contributed by atoms with E-state index < -0.39 is 0 Å². The topological polar surface area (TPSA) is 46.2 Å². The summed E-state index contributed by atoms with van der Waals surface area (Å²) in [7, 11) is 0. The number of hydroxylamine groups is 1. The molecule has 0 saturated heterocycles. The number of nitrogens with one attached hydrogen (secondary N) is 2. The van der Waals surface area contributed by atoms with Gasteiger partial charge in [0.15, 0.2) is 5.75 Å². The normalized spacial score (nSPS) is 12.6. The van der Waals surface area contributed by atoms with E-state index in [1.54, 1.807) is 18.6 Å². The predicted octanol–water partition coefficient (Wildman–Crippen LogP) is 5.44. The first kappa shape index (κ1) is 18.6. The molecule has 0 bridgehead atoms. The molecule has 0 spiro atoms. The van der Waals surface area contributed by atoms with Crippen molar-refractivity contribution in [3.05, 3.63) is 109 Å². The largest absolute Gasteiger partial charge is 0.384 e. The molecule has 0 aliphatic carbocycles. The van der Waals surface area contributed by atoms with Gasteiger partial charge < -0.3 is 10.2 Å². The lowest BCUT2D eigenvalue weighted by molar-refractivity contribution is 0.239. The van der Waals surface area contributed by atoms with E-state index in [9.17, 15) is 0 Å². The van der Waals surface area contributed by atoms with E-state index in [-0.39, 0.29) is 0 Å². The average Bonchev–Trinajstić information content (AvgIpc) is 3.31. The highest BCUT2D eigenvalue weighted by Gasteiger charge is 2.11. The van der Waals surface area contributed by atoms with Crippen LogP contribution in [0.25, 0.3) is 16.8 Å². The minimum Gasteiger partial charge on any atom is -0.384 e. The second-order valence-electron chi connectivity index (χ2n) is 6.61. The van der Waals surface area contributed by atoms with Crippen LogP contribution in [0.4, 0.5) is 5.69 Å². The van der Waals surface area contributed by atoms with Gasteiger partial charge in [0.2, 0.25) is 0 Å². The Balaban J connectivity index is 0.000000114. The third-order valence-corrected chi connectivity index (χ3v) is 4.70. The predicted molar refractivity (Wildman–Crippen MR) is 120 cm³/mol. The zero-order chi connectivity index (χ0) is 19.7. The molecule has 4 heteroatoms. The van der Waals surface area contributed by atoms with Gasteiger partial charge in [-0.25, -0.2) is 5.48 Å². The Bertz CT molecular complexity index is 1070. The lowest BCUT2D eigenvalue weighted by Crippen LogP contribution is -2.13. The number of hydrogen-bond acceptors (Lipinski definition) is 4. The van der Waals surface area contributed by atoms with E-state index in [2.05, 4.69) is 52.2 Å². The number of hydrogen-bond donors (Lipinski definition) is 2. The molecule has 0 radical (unpaired) electrons. The van der Waals surface area contributed by atoms with Crippen molar-refractivity contribution in [1.29, 1.82) is 0 Å². The Morgan fingerprint density at radius 3 is 2.41 bits per heavy atom. The van der Waals surface area contributed by atoms with E-state index >= 15 is 0 Å². The van der Waals surface area contributed by atoms with Gasteiger partial charge in [0.1, 0.15) is 0 Å². The van der Waals surface area contributed by atoms with E-state index in [1.165, 1.54) is 28.4 Å². The number of fused-ring (bicyclic) bond motifs is 4. The maximum absolute atomic E-state index is 5.09. The van der Waals surface area contributed by atoms with E-state index in [0.29, 0.717) is 0 Å². The van der Waals surface area contributed by atoms with Crippen molar-refractivity contribution in [2.75, 3.05) is 11.9 Å². The first-order valence-electron chi connectivity index (χ1n) is 9.69. The van der Waals surface area contributed by atoms with Gasteiger partial charge in [-0.05, 0) is 41.6 Å². The number of nitrogens with zero attached hydrogens (tertiary/aromatic N) is 1. The van der Waals surface area contributed by atoms with Crippen LogP contribution in [-0.4, -0.2) is 11.5 Å². The van der Waals surface area contributed by atoms with Crippen molar-refractivity contribution in [2.45, 2.75) is 6.42 Å². The molecule has 4 aromatic rings. The lowest BCUT2D eigenvalue weighted by atomic mass is 10.0. The van der Waals surface area contributed by atoms with Crippen molar-refractivity contribution in [1.82, 2.24) is 10.5 Å². The molecular formula is C25H23N3O. The van der Waals surface area contributed by atoms with Crippen LogP contribution in [0.3, 0.4) is 0 Å². The molecule has 0 amide bonds. The van der Waals surface area contributed by atoms with Gasteiger partial charge in [0.05, 0.1) is 0 Å². The molecule has 4 nitrogen and oxygen atoms in total. The van der Waals surface area contributed by atoms with E-state index in [0.717, 1.165) is 17.9 Å². The molecule has 3 aromatic carbocycles. The second-order valence-corrected chi connectivity index (χ2v) is 6.61. The molecule has 0 unspecified atom stereocenters. The Hall–Kier alpha value is -3.79. The SMILES string of the molecule is C1=Cc2ccccc2ON1.c1ccc2c3c(ccc2c1)CCN3.c1ccncc1. The Labute approximate surface area is 170 Å². The summed E-state index contributed by atoms with van der Waals surface area (Å²) in [4.78, 5) is 8.87. The molecule has 144 valence electrons. The molecule has 0 saturated carbocycles. The highest BCUT2D eigenvalue weighted by atomic mass is 16.6. The fourth-order valence-electron chi connectivity index (χ4n) is 3.30. The quantitative estimate of drug-likeness (QED) is 0.426. The number of pyridine rings is 1. The summed E-state index contributed by atoms with van der Waals surface area (Å²) in [5, 5.41) is 6.13. The standard InChI is InChI=1S/C12H11N.C8H7NO.C5H5N/c1-2-4-11-9(3-1)5-6-10-7-8-13-12(10)11;1-2-4-8-7(3-1)5-6-9-10-8;1-2-4-6-5-3-1/h1-6,13H,7-8H2;1-6,9H;1-5H. The molecule has 0 fully saturated rings. The van der Waals surface area contributed by atoms with Gasteiger partial charge in [-0.3, -0.25) is 4.98 Å². The summed E-state index contributed by atoms with van der Waals surface area (Å²) >= 11 is 0. The number of anilines is 1. The highest BCUT2D eigenvalue weighted by molar-refractivity contribution is 5.96. The molecule has 6 rings (SSSR count). The van der Waals surface area contributed by atoms with Crippen LogP contribution in [-0.2, 0) is 6.42 Å². The number of para-hydroxylation sites is 1. The number of rotatable bonds is 0. The molecule has 29 heavy (non-hydrogen) atoms. The minimum atomic E-state index is 0.880. The fourth-order valence-corrected chi connectivity index (χ4v) is 3.30. The Morgan fingerprint density at radius 1 is 0.793 bits per heavy atom. The first-order valence-corrected chi connectivity index (χ1v) is 9.69. The summed E-state index contributed by atoms with van der Waals surface area (Å²) < 4.78 is 0. The van der Waals surface area contributed by atoms with Crippen LogP contribution in [0, 0.1) is 0 Å². The summed E-state index contributed by atoms with van der Waals surface area (Å²) in [6.07, 6.45) is 8.40. The molecule has 3 heterocycles. The lowest BCUT2D eigenvalue weighted by Gasteiger charge is -2.11. The Kier molecular flexibility index (Phi) is 6.03. The van der Waals surface area contributed by atoms with Crippen LogP contribution < -0.4 is 15.6 Å². The average molecular weight is 381 g/mol. The van der Waals surface area contributed by atoms with Gasteiger partial charge in [0.25, 0.3) is 0 Å². The summed E-state index contributed by atoms with van der Waals surface area (Å²) in [5.41, 5.74) is 6.58. The molecule has 2 N–H and O–H groups in total. The van der Waals surface area contributed by atoms with Crippen molar-refractivity contribution in [3.63, 3.8) is 0 Å². The zero-order valence-electron chi connectivity index (χ0n) is 16.1. The third kappa shape index (κ3) is 4.74. The molecule has 2 aliphatic heterocycles. The second kappa shape index (κ2) is 9.42. The van der Waals surface area contributed by atoms with Crippen LogP contribution in [0.2, 0.25) is 0 Å². The van der Waals surface area contributed by atoms with E-state index in [4.69, 9.17) is 4.84 Å². The van der Waals surface area contributed by atoms with Gasteiger partial charge in [-0.1, -0.05) is 60.7 Å². The summed E-state index contributed by atoms with van der Waals surface area (Å²) in [6.45, 7) is 1.09. The molecule has 2 aliphatic rings. The van der Waals surface area contributed by atoms with Crippen molar-refractivity contribution < 1.29 is 4.84 Å². The number of benzene rings is 3. The third-order valence-electron chi connectivity index (χ3n) is 4.70. The fraction of sp³-hybridized carbons (Fsp3) is 0.0800. The van der Waals surface area contributed by atoms with Gasteiger partial charge in [-0.2, -0.15) is 0 Å². The molecular weight excluding hydrogens is 358 g/mol. The molecule has 1 aromatic heterocycles. The first-order chi connectivity index (χ1) is 14.4. The maximum Gasteiger partial charge on any atom is 0.162 e. The smallest absolute Gasteiger partial charge is 0.162 e. The monoisotopic (exact) mass is 381 g/mol. The van der Waals surface area contributed by atoms with Gasteiger partial charge in [0, 0.05) is 41.8 Å². The number of aromatic nitrogens is 1. The van der Waals surface area contributed by atoms with Crippen molar-refractivity contribution in [2.24, 2.45) is 0 Å². The molecule has 0 atom stereocenters.